The van der Waals surface area contributed by atoms with Crippen LogP contribution in [0.1, 0.15) is 16.3 Å². The van der Waals surface area contributed by atoms with Gasteiger partial charge < -0.3 is 10.2 Å². The summed E-state index contributed by atoms with van der Waals surface area (Å²) in [7, 11) is 3.25. The van der Waals surface area contributed by atoms with E-state index in [1.807, 2.05) is 6.92 Å². The fourth-order valence-electron chi connectivity index (χ4n) is 1.54. The molecule has 21 heavy (non-hydrogen) atoms. The minimum atomic E-state index is -4.51. The summed E-state index contributed by atoms with van der Waals surface area (Å²) in [6, 6.07) is 0.920. The van der Waals surface area contributed by atoms with Crippen LogP contribution in [0.2, 0.25) is 0 Å². The lowest BCUT2D eigenvalue weighted by atomic mass is 10.3. The molecule has 0 aliphatic rings. The van der Waals surface area contributed by atoms with Gasteiger partial charge in [-0.2, -0.15) is 18.2 Å². The van der Waals surface area contributed by atoms with E-state index in [1.54, 1.807) is 19.6 Å². The number of rotatable bonds is 4. The van der Waals surface area contributed by atoms with Gasteiger partial charge in [0.05, 0.1) is 17.7 Å². The van der Waals surface area contributed by atoms with E-state index in [4.69, 9.17) is 0 Å². The van der Waals surface area contributed by atoms with E-state index in [2.05, 4.69) is 20.3 Å². The first kappa shape index (κ1) is 15.5. The fraction of sp³-hybridized carbons (Fsp3) is 0.417. The lowest BCUT2D eigenvalue weighted by molar-refractivity contribution is -0.141. The maximum absolute atomic E-state index is 12.8. The van der Waals surface area contributed by atoms with E-state index in [-0.39, 0.29) is 11.8 Å². The molecule has 5 nitrogen and oxygen atoms in total. The van der Waals surface area contributed by atoms with Crippen LogP contribution in [0.25, 0.3) is 0 Å². The van der Waals surface area contributed by atoms with Gasteiger partial charge in [-0.15, -0.1) is 11.3 Å². The molecular formula is C12H14F3N5S. The molecule has 0 aliphatic carbocycles. The number of thiazole rings is 1. The zero-order valence-electron chi connectivity index (χ0n) is 11.7. The van der Waals surface area contributed by atoms with Gasteiger partial charge in [0.2, 0.25) is 5.95 Å². The van der Waals surface area contributed by atoms with Crippen LogP contribution in [0.3, 0.4) is 0 Å². The second kappa shape index (κ2) is 5.84. The highest BCUT2D eigenvalue weighted by atomic mass is 32.1. The Bertz CT molecular complexity index is 624. The first-order valence-corrected chi connectivity index (χ1v) is 6.92. The van der Waals surface area contributed by atoms with Crippen molar-refractivity contribution in [2.45, 2.75) is 19.6 Å². The van der Waals surface area contributed by atoms with Crippen molar-refractivity contribution in [3.05, 3.63) is 27.8 Å². The average molecular weight is 317 g/mol. The summed E-state index contributed by atoms with van der Waals surface area (Å²) >= 11 is 1.43. The van der Waals surface area contributed by atoms with E-state index in [0.717, 1.165) is 16.6 Å². The Morgan fingerprint density at radius 3 is 2.52 bits per heavy atom. The van der Waals surface area contributed by atoms with Crippen LogP contribution in [0.4, 0.5) is 24.9 Å². The summed E-state index contributed by atoms with van der Waals surface area (Å²) in [4.78, 5) is 14.1. The third-order valence-corrected chi connectivity index (χ3v) is 3.65. The van der Waals surface area contributed by atoms with Crippen molar-refractivity contribution in [1.82, 2.24) is 15.0 Å². The highest BCUT2D eigenvalue weighted by molar-refractivity contribution is 7.09. The molecule has 2 rings (SSSR count). The molecule has 0 radical (unpaired) electrons. The molecule has 114 valence electrons. The van der Waals surface area contributed by atoms with Crippen molar-refractivity contribution in [2.24, 2.45) is 0 Å². The third kappa shape index (κ3) is 3.81. The SMILES string of the molecule is Cc1ncsc1CNc1nc(N(C)C)cc(C(F)(F)F)n1. The van der Waals surface area contributed by atoms with Crippen molar-refractivity contribution < 1.29 is 13.2 Å². The zero-order valence-corrected chi connectivity index (χ0v) is 12.5. The van der Waals surface area contributed by atoms with E-state index in [9.17, 15) is 13.2 Å². The van der Waals surface area contributed by atoms with E-state index in [1.165, 1.54) is 16.2 Å². The molecule has 0 spiro atoms. The molecule has 2 aromatic heterocycles. The van der Waals surface area contributed by atoms with Crippen LogP contribution in [0.15, 0.2) is 11.6 Å². The van der Waals surface area contributed by atoms with Crippen LogP contribution in [-0.4, -0.2) is 29.0 Å². The smallest absolute Gasteiger partial charge is 0.363 e. The number of nitrogens with zero attached hydrogens (tertiary/aromatic N) is 4. The Balaban J connectivity index is 2.26. The second-order valence-electron chi connectivity index (χ2n) is 4.54. The van der Waals surface area contributed by atoms with Gasteiger partial charge in [-0.1, -0.05) is 0 Å². The maximum Gasteiger partial charge on any atom is 0.433 e. The van der Waals surface area contributed by atoms with Crippen LogP contribution >= 0.6 is 11.3 Å². The van der Waals surface area contributed by atoms with Crippen molar-refractivity contribution in [1.29, 1.82) is 0 Å². The van der Waals surface area contributed by atoms with E-state index in [0.29, 0.717) is 6.54 Å². The quantitative estimate of drug-likeness (QED) is 0.939. The van der Waals surface area contributed by atoms with Crippen LogP contribution in [0, 0.1) is 6.92 Å². The minimum Gasteiger partial charge on any atom is -0.363 e. The first-order chi connectivity index (χ1) is 9.77. The Morgan fingerprint density at radius 1 is 1.29 bits per heavy atom. The largest absolute Gasteiger partial charge is 0.433 e. The van der Waals surface area contributed by atoms with Gasteiger partial charge in [0.25, 0.3) is 0 Å². The molecule has 0 unspecified atom stereocenters. The molecule has 0 fully saturated rings. The van der Waals surface area contributed by atoms with Crippen molar-refractivity contribution >= 4 is 23.1 Å². The number of aromatic nitrogens is 3. The van der Waals surface area contributed by atoms with Gasteiger partial charge in [0, 0.05) is 25.0 Å². The molecule has 0 atom stereocenters. The summed E-state index contributed by atoms with van der Waals surface area (Å²) in [5.74, 6) is 0.141. The molecule has 1 N–H and O–H groups in total. The maximum atomic E-state index is 12.8. The van der Waals surface area contributed by atoms with E-state index >= 15 is 0 Å². The average Bonchev–Trinajstić information content (AvgIpc) is 2.80. The molecule has 0 saturated heterocycles. The van der Waals surface area contributed by atoms with Crippen LogP contribution in [-0.2, 0) is 12.7 Å². The zero-order chi connectivity index (χ0) is 15.6. The van der Waals surface area contributed by atoms with Gasteiger partial charge in [0.1, 0.15) is 5.82 Å². The summed E-state index contributed by atoms with van der Waals surface area (Å²) in [6.45, 7) is 2.18. The molecule has 0 aromatic carbocycles. The lowest BCUT2D eigenvalue weighted by Crippen LogP contribution is -2.17. The molecule has 2 heterocycles. The minimum absolute atomic E-state index is 0.0543. The number of hydrogen-bond acceptors (Lipinski definition) is 6. The summed E-state index contributed by atoms with van der Waals surface area (Å²) in [5, 5.41) is 2.82. The molecule has 9 heteroatoms. The molecule has 0 bridgehead atoms. The Morgan fingerprint density at radius 2 is 2.00 bits per heavy atom. The predicted octanol–water partition coefficient (Wildman–Crippen LogP) is 2.94. The van der Waals surface area contributed by atoms with Gasteiger partial charge in [-0.25, -0.2) is 9.97 Å². The molecule has 0 amide bonds. The topological polar surface area (TPSA) is 53.9 Å². The standard InChI is InChI=1S/C12H14F3N5S/c1-7-8(21-6-17-7)5-16-11-18-9(12(13,14)15)4-10(19-11)20(2)3/h4,6H,5H2,1-3H3,(H,16,18,19). The summed E-state index contributed by atoms with van der Waals surface area (Å²) in [6.07, 6.45) is -4.51. The molecular weight excluding hydrogens is 303 g/mol. The second-order valence-corrected chi connectivity index (χ2v) is 5.48. The fourth-order valence-corrected chi connectivity index (χ4v) is 2.26. The number of nitrogens with one attached hydrogen (secondary N) is 1. The Kier molecular flexibility index (Phi) is 4.31. The van der Waals surface area contributed by atoms with Gasteiger partial charge in [-0.3, -0.25) is 0 Å². The molecule has 0 aliphatic heterocycles. The highest BCUT2D eigenvalue weighted by Gasteiger charge is 2.34. The van der Waals surface area contributed by atoms with Gasteiger partial charge >= 0.3 is 6.18 Å². The number of hydrogen-bond donors (Lipinski definition) is 1. The Hall–Kier alpha value is -1.90. The monoisotopic (exact) mass is 317 g/mol. The Labute approximate surface area is 123 Å². The number of halogens is 3. The number of alkyl halides is 3. The highest BCUT2D eigenvalue weighted by Crippen LogP contribution is 2.30. The molecule has 2 aromatic rings. The predicted molar refractivity (Wildman–Crippen MR) is 75.5 cm³/mol. The number of anilines is 2. The van der Waals surface area contributed by atoms with Gasteiger partial charge in [-0.05, 0) is 6.92 Å². The van der Waals surface area contributed by atoms with Crippen molar-refractivity contribution in [3.8, 4) is 0 Å². The van der Waals surface area contributed by atoms with Crippen molar-refractivity contribution in [3.63, 3.8) is 0 Å². The van der Waals surface area contributed by atoms with E-state index < -0.39 is 11.9 Å². The summed E-state index contributed by atoms with van der Waals surface area (Å²) in [5.41, 5.74) is 1.56. The van der Waals surface area contributed by atoms with Crippen molar-refractivity contribution in [2.75, 3.05) is 24.3 Å². The lowest BCUT2D eigenvalue weighted by Gasteiger charge is -2.15. The molecule has 0 saturated carbocycles. The van der Waals surface area contributed by atoms with Crippen LogP contribution in [0.5, 0.6) is 0 Å². The first-order valence-electron chi connectivity index (χ1n) is 6.04. The third-order valence-electron chi connectivity index (χ3n) is 2.71. The normalized spacial score (nSPS) is 11.5. The summed E-state index contributed by atoms with van der Waals surface area (Å²) < 4.78 is 38.5. The number of aryl methyl sites for hydroxylation is 1. The van der Waals surface area contributed by atoms with Gasteiger partial charge in [0.15, 0.2) is 5.69 Å². The van der Waals surface area contributed by atoms with Crippen LogP contribution < -0.4 is 10.2 Å².